The zero-order valence-electron chi connectivity index (χ0n) is 21.4. The first-order valence-electron chi connectivity index (χ1n) is 12.4. The molecule has 5 nitrogen and oxygen atoms in total. The summed E-state index contributed by atoms with van der Waals surface area (Å²) in [5, 5.41) is 1.92. The molecular formula is C33H26O5. The zero-order valence-corrected chi connectivity index (χ0v) is 21.4. The molecule has 38 heavy (non-hydrogen) atoms. The number of hydrogen-bond donors (Lipinski definition) is 0. The Morgan fingerprint density at radius 3 is 2.16 bits per heavy atom. The zero-order chi connectivity index (χ0) is 26.2. The fourth-order valence-corrected chi connectivity index (χ4v) is 5.05. The van der Waals surface area contributed by atoms with Crippen LogP contribution in [-0.4, -0.2) is 26.8 Å². The number of rotatable bonds is 6. The van der Waals surface area contributed by atoms with Crippen LogP contribution in [0.3, 0.4) is 0 Å². The smallest absolute Gasteiger partial charge is 0.231 e. The van der Waals surface area contributed by atoms with Crippen molar-refractivity contribution in [3.63, 3.8) is 0 Å². The van der Waals surface area contributed by atoms with E-state index in [0.717, 1.165) is 38.6 Å². The highest BCUT2D eigenvalue weighted by Gasteiger charge is 2.24. The Kier molecular flexibility index (Phi) is 5.97. The van der Waals surface area contributed by atoms with Gasteiger partial charge in [0.25, 0.3) is 0 Å². The van der Waals surface area contributed by atoms with Gasteiger partial charge in [0.15, 0.2) is 28.8 Å². The third-order valence-electron chi connectivity index (χ3n) is 7.00. The van der Waals surface area contributed by atoms with Crippen LogP contribution in [0.2, 0.25) is 0 Å². The van der Waals surface area contributed by atoms with Gasteiger partial charge in [-0.15, -0.1) is 0 Å². The first-order valence-corrected chi connectivity index (χ1v) is 12.4. The molecule has 0 spiro atoms. The molecule has 5 heteroatoms. The van der Waals surface area contributed by atoms with Crippen LogP contribution in [-0.2, 0) is 0 Å². The van der Waals surface area contributed by atoms with Gasteiger partial charge in [0.1, 0.15) is 0 Å². The van der Waals surface area contributed by atoms with Gasteiger partial charge in [-0.3, -0.25) is 4.79 Å². The van der Waals surface area contributed by atoms with Crippen molar-refractivity contribution in [2.75, 3.05) is 21.0 Å². The minimum Gasteiger partial charge on any atom is -0.493 e. The average molecular weight is 503 g/mol. The van der Waals surface area contributed by atoms with Crippen molar-refractivity contribution >= 4 is 16.6 Å². The Bertz CT molecular complexity index is 1670. The Morgan fingerprint density at radius 1 is 0.737 bits per heavy atom. The van der Waals surface area contributed by atoms with Crippen LogP contribution in [0, 0.1) is 6.92 Å². The summed E-state index contributed by atoms with van der Waals surface area (Å²) in [4.78, 5) is 13.9. The normalized spacial score (nSPS) is 12.0. The molecule has 0 radical (unpaired) electrons. The third kappa shape index (κ3) is 4.02. The summed E-state index contributed by atoms with van der Waals surface area (Å²) < 4.78 is 22.5. The van der Waals surface area contributed by atoms with Gasteiger partial charge in [-0.1, -0.05) is 60.7 Å². The van der Waals surface area contributed by atoms with Crippen molar-refractivity contribution in [1.29, 1.82) is 0 Å². The highest BCUT2D eigenvalue weighted by molar-refractivity contribution is 6.14. The number of carbonyl (C=O) groups excluding carboxylic acids is 1. The molecule has 6 rings (SSSR count). The van der Waals surface area contributed by atoms with Crippen LogP contribution in [0.1, 0.15) is 21.5 Å². The summed E-state index contributed by atoms with van der Waals surface area (Å²) >= 11 is 0. The van der Waals surface area contributed by atoms with Crippen molar-refractivity contribution in [2.45, 2.75) is 6.92 Å². The largest absolute Gasteiger partial charge is 0.493 e. The summed E-state index contributed by atoms with van der Waals surface area (Å²) in [5.74, 6) is 2.47. The maximum atomic E-state index is 13.9. The van der Waals surface area contributed by atoms with E-state index >= 15 is 0 Å². The van der Waals surface area contributed by atoms with Gasteiger partial charge in [-0.05, 0) is 70.5 Å². The quantitative estimate of drug-likeness (QED) is 0.226. The van der Waals surface area contributed by atoms with Gasteiger partial charge >= 0.3 is 0 Å². The van der Waals surface area contributed by atoms with Crippen LogP contribution in [0.4, 0.5) is 0 Å². The van der Waals surface area contributed by atoms with E-state index < -0.39 is 0 Å². The number of hydrogen-bond acceptors (Lipinski definition) is 5. The maximum absolute atomic E-state index is 13.9. The number of benzene rings is 5. The molecular weight excluding hydrogens is 476 g/mol. The lowest BCUT2D eigenvalue weighted by atomic mass is 9.89. The maximum Gasteiger partial charge on any atom is 0.231 e. The second-order valence-corrected chi connectivity index (χ2v) is 9.21. The molecule has 5 aromatic carbocycles. The van der Waals surface area contributed by atoms with Crippen molar-refractivity contribution in [2.24, 2.45) is 0 Å². The van der Waals surface area contributed by atoms with E-state index in [2.05, 4.69) is 24.3 Å². The lowest BCUT2D eigenvalue weighted by molar-refractivity contribution is 0.103. The molecule has 0 aliphatic carbocycles. The summed E-state index contributed by atoms with van der Waals surface area (Å²) in [6, 6.07) is 29.6. The average Bonchev–Trinajstić information content (AvgIpc) is 3.43. The van der Waals surface area contributed by atoms with Crippen LogP contribution >= 0.6 is 0 Å². The van der Waals surface area contributed by atoms with Crippen molar-refractivity contribution in [3.05, 3.63) is 108 Å². The molecule has 0 atom stereocenters. The number of fused-ring (bicyclic) bond motifs is 2. The van der Waals surface area contributed by atoms with Crippen LogP contribution in [0.15, 0.2) is 91.0 Å². The van der Waals surface area contributed by atoms with E-state index in [9.17, 15) is 4.79 Å². The molecule has 0 aromatic heterocycles. The first kappa shape index (κ1) is 23.6. The third-order valence-corrected chi connectivity index (χ3v) is 7.00. The molecule has 1 aliphatic rings. The summed E-state index contributed by atoms with van der Waals surface area (Å²) in [6.07, 6.45) is 0. The molecule has 188 valence electrons. The predicted octanol–water partition coefficient (Wildman–Crippen LogP) is 7.46. The van der Waals surface area contributed by atoms with Gasteiger partial charge in [-0.2, -0.15) is 0 Å². The molecule has 1 heterocycles. The van der Waals surface area contributed by atoms with Crippen molar-refractivity contribution < 1.29 is 23.7 Å². The lowest BCUT2D eigenvalue weighted by Gasteiger charge is -2.16. The van der Waals surface area contributed by atoms with E-state index in [0.29, 0.717) is 34.1 Å². The minimum absolute atomic E-state index is 0.0790. The standard InChI is InChI=1S/C33H26O5/c1-20-15-26-24(13-14-29(35-2)33(26)36-3)16-25(20)27-17-30-31(38-19-37-30)18-28(27)32(34)23-11-9-22(10-12-23)21-7-5-4-6-8-21/h4-18H,19H2,1-3H3. The number of methoxy groups -OCH3 is 2. The van der Waals surface area contributed by atoms with E-state index in [1.54, 1.807) is 20.3 Å². The first-order chi connectivity index (χ1) is 18.6. The Balaban J connectivity index is 1.47. The van der Waals surface area contributed by atoms with Gasteiger partial charge in [-0.25, -0.2) is 0 Å². The molecule has 0 N–H and O–H groups in total. The van der Waals surface area contributed by atoms with E-state index in [4.69, 9.17) is 18.9 Å². The second-order valence-electron chi connectivity index (χ2n) is 9.21. The number of ketones is 1. The molecule has 5 aromatic rings. The van der Waals surface area contributed by atoms with Gasteiger partial charge in [0.2, 0.25) is 6.79 Å². The lowest BCUT2D eigenvalue weighted by Crippen LogP contribution is -2.04. The van der Waals surface area contributed by atoms with Gasteiger partial charge in [0.05, 0.1) is 14.2 Å². The Labute approximate surface area is 221 Å². The molecule has 0 saturated heterocycles. The molecule has 0 unspecified atom stereocenters. The molecule has 0 saturated carbocycles. The fourth-order valence-electron chi connectivity index (χ4n) is 5.05. The number of aryl methyl sites for hydroxylation is 1. The second kappa shape index (κ2) is 9.60. The topological polar surface area (TPSA) is 54.0 Å². The monoisotopic (exact) mass is 502 g/mol. The Hall–Kier alpha value is -4.77. The summed E-state index contributed by atoms with van der Waals surface area (Å²) in [6.45, 7) is 2.16. The predicted molar refractivity (Wildman–Crippen MR) is 149 cm³/mol. The number of ether oxygens (including phenoxy) is 4. The van der Waals surface area contributed by atoms with E-state index in [1.165, 1.54) is 0 Å². The van der Waals surface area contributed by atoms with E-state index in [1.807, 2.05) is 67.6 Å². The molecule has 0 amide bonds. The fraction of sp³-hybridized carbons (Fsp3) is 0.121. The molecule has 1 aliphatic heterocycles. The SMILES string of the molecule is COc1ccc2cc(-c3cc4c(cc3C(=O)c3ccc(-c5ccccc5)cc3)OCO4)c(C)cc2c1OC. The van der Waals surface area contributed by atoms with Crippen LogP contribution in [0.5, 0.6) is 23.0 Å². The molecule has 0 fully saturated rings. The molecule has 0 bridgehead atoms. The summed E-state index contributed by atoms with van der Waals surface area (Å²) in [7, 11) is 3.26. The van der Waals surface area contributed by atoms with Crippen LogP contribution < -0.4 is 18.9 Å². The highest BCUT2D eigenvalue weighted by Crippen LogP contribution is 2.43. The minimum atomic E-state index is -0.0790. The summed E-state index contributed by atoms with van der Waals surface area (Å²) in [5.41, 5.74) is 6.06. The van der Waals surface area contributed by atoms with Crippen molar-refractivity contribution in [1.82, 2.24) is 0 Å². The van der Waals surface area contributed by atoms with Crippen LogP contribution in [0.25, 0.3) is 33.0 Å². The number of carbonyl (C=O) groups is 1. The van der Waals surface area contributed by atoms with Gasteiger partial charge < -0.3 is 18.9 Å². The van der Waals surface area contributed by atoms with Gasteiger partial charge in [0, 0.05) is 16.5 Å². The highest BCUT2D eigenvalue weighted by atomic mass is 16.7. The van der Waals surface area contributed by atoms with E-state index in [-0.39, 0.29) is 12.6 Å². The van der Waals surface area contributed by atoms with Crippen molar-refractivity contribution in [3.8, 4) is 45.3 Å². The Morgan fingerprint density at radius 2 is 1.45 bits per heavy atom.